The van der Waals surface area contributed by atoms with Gasteiger partial charge in [0.15, 0.2) is 0 Å². The van der Waals surface area contributed by atoms with Crippen LogP contribution in [-0.4, -0.2) is 26.2 Å². The fraction of sp³-hybridized carbons (Fsp3) is 0.538. The number of rotatable bonds is 4. The molecule has 19 heavy (non-hydrogen) atoms. The third kappa shape index (κ3) is 3.13. The quantitative estimate of drug-likeness (QED) is 0.883. The van der Waals surface area contributed by atoms with Crippen LogP contribution in [0.4, 0.5) is 4.39 Å². The zero-order valence-electron chi connectivity index (χ0n) is 10.8. The topological polar surface area (TPSA) is 66.4 Å². The SMILES string of the molecule is Cc1ccc(S(=O)(=O)NC2CCCC2CO)cc1F. The van der Waals surface area contributed by atoms with Crippen LogP contribution in [0.15, 0.2) is 23.1 Å². The fourth-order valence-electron chi connectivity index (χ4n) is 2.42. The van der Waals surface area contributed by atoms with E-state index in [-0.39, 0.29) is 23.5 Å². The Bertz CT molecular complexity index is 559. The molecule has 0 aromatic heterocycles. The Balaban J connectivity index is 2.20. The zero-order valence-corrected chi connectivity index (χ0v) is 11.6. The van der Waals surface area contributed by atoms with Gasteiger partial charge in [0, 0.05) is 12.6 Å². The van der Waals surface area contributed by atoms with Crippen LogP contribution in [-0.2, 0) is 10.0 Å². The van der Waals surface area contributed by atoms with Gasteiger partial charge in [-0.1, -0.05) is 12.5 Å². The molecule has 2 N–H and O–H groups in total. The Kier molecular flexibility index (Phi) is 4.23. The minimum atomic E-state index is -3.73. The Morgan fingerprint density at radius 1 is 1.42 bits per heavy atom. The van der Waals surface area contributed by atoms with Crippen molar-refractivity contribution in [3.8, 4) is 0 Å². The van der Waals surface area contributed by atoms with Gasteiger partial charge in [-0.15, -0.1) is 0 Å². The summed E-state index contributed by atoms with van der Waals surface area (Å²) in [5, 5.41) is 9.19. The van der Waals surface area contributed by atoms with E-state index in [4.69, 9.17) is 0 Å². The predicted octanol–water partition coefficient (Wildman–Crippen LogP) is 1.57. The van der Waals surface area contributed by atoms with Crippen molar-refractivity contribution in [2.24, 2.45) is 5.92 Å². The molecule has 106 valence electrons. The number of hydrogen-bond acceptors (Lipinski definition) is 3. The number of benzene rings is 1. The maximum atomic E-state index is 13.4. The molecule has 2 rings (SSSR count). The van der Waals surface area contributed by atoms with E-state index in [0.717, 1.165) is 18.9 Å². The van der Waals surface area contributed by atoms with Crippen molar-refractivity contribution in [2.45, 2.75) is 37.1 Å². The molecule has 0 amide bonds. The molecule has 0 bridgehead atoms. The third-order valence-electron chi connectivity index (χ3n) is 3.65. The van der Waals surface area contributed by atoms with Crippen molar-refractivity contribution in [2.75, 3.05) is 6.61 Å². The number of sulfonamides is 1. The van der Waals surface area contributed by atoms with E-state index in [1.807, 2.05) is 0 Å². The van der Waals surface area contributed by atoms with Gasteiger partial charge in [0.25, 0.3) is 0 Å². The molecule has 1 fully saturated rings. The maximum Gasteiger partial charge on any atom is 0.240 e. The lowest BCUT2D eigenvalue weighted by Gasteiger charge is -2.19. The van der Waals surface area contributed by atoms with E-state index in [2.05, 4.69) is 4.72 Å². The van der Waals surface area contributed by atoms with Crippen LogP contribution in [0, 0.1) is 18.7 Å². The molecular weight excluding hydrogens is 269 g/mol. The molecule has 1 saturated carbocycles. The van der Waals surface area contributed by atoms with Gasteiger partial charge in [0.05, 0.1) is 4.90 Å². The van der Waals surface area contributed by atoms with Crippen molar-refractivity contribution in [1.82, 2.24) is 4.72 Å². The first-order chi connectivity index (χ1) is 8.94. The average molecular weight is 287 g/mol. The van der Waals surface area contributed by atoms with Gasteiger partial charge in [-0.3, -0.25) is 0 Å². The molecule has 1 aliphatic carbocycles. The summed E-state index contributed by atoms with van der Waals surface area (Å²) in [5.41, 5.74) is 0.410. The second-order valence-corrected chi connectivity index (χ2v) is 6.73. The normalized spacial score (nSPS) is 23.7. The molecule has 4 nitrogen and oxygen atoms in total. The first kappa shape index (κ1) is 14.4. The molecule has 0 heterocycles. The largest absolute Gasteiger partial charge is 0.396 e. The number of aliphatic hydroxyl groups is 1. The summed E-state index contributed by atoms with van der Waals surface area (Å²) in [6.45, 7) is 1.55. The monoisotopic (exact) mass is 287 g/mol. The highest BCUT2D eigenvalue weighted by Gasteiger charge is 2.30. The first-order valence-electron chi connectivity index (χ1n) is 6.33. The minimum Gasteiger partial charge on any atom is -0.396 e. The second kappa shape index (κ2) is 5.56. The Labute approximate surface area is 112 Å². The number of aliphatic hydroxyl groups excluding tert-OH is 1. The summed E-state index contributed by atoms with van der Waals surface area (Å²) in [7, 11) is -3.73. The molecule has 0 saturated heterocycles. The highest BCUT2D eigenvalue weighted by atomic mass is 32.2. The van der Waals surface area contributed by atoms with Crippen LogP contribution < -0.4 is 4.72 Å². The molecule has 0 spiro atoms. The van der Waals surface area contributed by atoms with Crippen molar-refractivity contribution in [1.29, 1.82) is 0 Å². The summed E-state index contributed by atoms with van der Waals surface area (Å²) in [4.78, 5) is -0.0702. The number of nitrogens with one attached hydrogen (secondary N) is 1. The number of aryl methyl sites for hydroxylation is 1. The van der Waals surface area contributed by atoms with E-state index in [0.29, 0.717) is 12.0 Å². The van der Waals surface area contributed by atoms with E-state index in [9.17, 15) is 17.9 Å². The maximum absolute atomic E-state index is 13.4. The molecule has 0 radical (unpaired) electrons. The van der Waals surface area contributed by atoms with Crippen LogP contribution >= 0.6 is 0 Å². The van der Waals surface area contributed by atoms with Crippen LogP contribution in [0.1, 0.15) is 24.8 Å². The van der Waals surface area contributed by atoms with Gasteiger partial charge in [0.1, 0.15) is 5.82 Å². The van der Waals surface area contributed by atoms with Gasteiger partial charge in [-0.05, 0) is 43.4 Å². The molecule has 6 heteroatoms. The molecule has 1 aromatic rings. The van der Waals surface area contributed by atoms with Crippen LogP contribution in [0.3, 0.4) is 0 Å². The van der Waals surface area contributed by atoms with Crippen molar-refractivity contribution < 1.29 is 17.9 Å². The lowest BCUT2D eigenvalue weighted by Crippen LogP contribution is -2.38. The van der Waals surface area contributed by atoms with Gasteiger partial charge in [-0.2, -0.15) is 0 Å². The summed E-state index contributed by atoms with van der Waals surface area (Å²) >= 11 is 0. The molecule has 2 unspecified atom stereocenters. The smallest absolute Gasteiger partial charge is 0.240 e. The van der Waals surface area contributed by atoms with E-state index >= 15 is 0 Å². The first-order valence-corrected chi connectivity index (χ1v) is 7.81. The second-order valence-electron chi connectivity index (χ2n) is 5.01. The van der Waals surface area contributed by atoms with Crippen molar-refractivity contribution in [3.63, 3.8) is 0 Å². The van der Waals surface area contributed by atoms with Crippen LogP contribution in [0.5, 0.6) is 0 Å². The lowest BCUT2D eigenvalue weighted by molar-refractivity contribution is 0.213. The van der Waals surface area contributed by atoms with Crippen LogP contribution in [0.2, 0.25) is 0 Å². The average Bonchev–Trinajstić information content (AvgIpc) is 2.79. The summed E-state index contributed by atoms with van der Waals surface area (Å²) in [5.74, 6) is -0.585. The van der Waals surface area contributed by atoms with E-state index in [1.165, 1.54) is 12.1 Å². The third-order valence-corrected chi connectivity index (χ3v) is 5.14. The standard InChI is InChI=1S/C13H18FNO3S/c1-9-5-6-11(7-12(9)14)19(17,18)15-13-4-2-3-10(13)8-16/h5-7,10,13,15-16H,2-4,8H2,1H3. The Morgan fingerprint density at radius 3 is 2.79 bits per heavy atom. The Morgan fingerprint density at radius 2 is 2.16 bits per heavy atom. The van der Waals surface area contributed by atoms with Crippen molar-refractivity contribution >= 4 is 10.0 Å². The van der Waals surface area contributed by atoms with Gasteiger partial charge in [0.2, 0.25) is 10.0 Å². The molecule has 2 atom stereocenters. The molecular formula is C13H18FNO3S. The molecule has 1 aromatic carbocycles. The van der Waals surface area contributed by atoms with Gasteiger partial charge >= 0.3 is 0 Å². The summed E-state index contributed by atoms with van der Waals surface area (Å²) < 4.78 is 40.3. The summed E-state index contributed by atoms with van der Waals surface area (Å²) in [6.07, 6.45) is 2.41. The number of halogens is 1. The fourth-order valence-corrected chi connectivity index (χ4v) is 3.77. The highest BCUT2D eigenvalue weighted by Crippen LogP contribution is 2.26. The van der Waals surface area contributed by atoms with Crippen molar-refractivity contribution in [3.05, 3.63) is 29.6 Å². The van der Waals surface area contributed by atoms with E-state index in [1.54, 1.807) is 6.92 Å². The zero-order chi connectivity index (χ0) is 14.0. The van der Waals surface area contributed by atoms with Gasteiger partial charge < -0.3 is 5.11 Å². The number of hydrogen-bond donors (Lipinski definition) is 2. The Hall–Kier alpha value is -0.980. The molecule has 0 aliphatic heterocycles. The summed E-state index contributed by atoms with van der Waals surface area (Å²) in [6, 6.07) is 3.60. The van der Waals surface area contributed by atoms with Gasteiger partial charge in [-0.25, -0.2) is 17.5 Å². The van der Waals surface area contributed by atoms with E-state index < -0.39 is 15.8 Å². The molecule has 1 aliphatic rings. The highest BCUT2D eigenvalue weighted by molar-refractivity contribution is 7.89. The lowest BCUT2D eigenvalue weighted by atomic mass is 10.1. The van der Waals surface area contributed by atoms with Crippen LogP contribution in [0.25, 0.3) is 0 Å². The minimum absolute atomic E-state index is 0.0323. The predicted molar refractivity (Wildman–Crippen MR) is 69.7 cm³/mol.